The van der Waals surface area contributed by atoms with Crippen LogP contribution in [-0.4, -0.2) is 78.2 Å². The SMILES string of the molecule is CC(C)(C)OC(=O)NCC(=O)N(CCOCc1ccc(F)cc1)C1CCN(C(=O)C(N)C(C)(C)C)C1. The Morgan fingerprint density at radius 1 is 1.17 bits per heavy atom. The van der Waals surface area contributed by atoms with Crippen molar-refractivity contribution >= 4 is 17.9 Å². The van der Waals surface area contributed by atoms with E-state index in [-0.39, 0.29) is 55.4 Å². The highest BCUT2D eigenvalue weighted by Gasteiger charge is 2.37. The zero-order valence-corrected chi connectivity index (χ0v) is 22.3. The molecule has 0 saturated carbocycles. The van der Waals surface area contributed by atoms with Gasteiger partial charge in [-0.05, 0) is 50.3 Å². The van der Waals surface area contributed by atoms with E-state index in [1.54, 1.807) is 42.7 Å². The van der Waals surface area contributed by atoms with Gasteiger partial charge in [0.15, 0.2) is 0 Å². The first-order valence-corrected chi connectivity index (χ1v) is 12.3. The molecular formula is C26H41FN4O5. The lowest BCUT2D eigenvalue weighted by Crippen LogP contribution is -2.52. The summed E-state index contributed by atoms with van der Waals surface area (Å²) in [5, 5.41) is 2.51. The summed E-state index contributed by atoms with van der Waals surface area (Å²) in [5.74, 6) is -0.762. The zero-order valence-electron chi connectivity index (χ0n) is 22.3. The lowest BCUT2D eigenvalue weighted by Gasteiger charge is -2.32. The first-order chi connectivity index (χ1) is 16.7. The highest BCUT2D eigenvalue weighted by atomic mass is 19.1. The fraction of sp³-hybridized carbons (Fsp3) is 0.654. The van der Waals surface area contributed by atoms with Crippen molar-refractivity contribution in [2.24, 2.45) is 11.1 Å². The summed E-state index contributed by atoms with van der Waals surface area (Å²) >= 11 is 0. The Morgan fingerprint density at radius 2 is 1.81 bits per heavy atom. The topological polar surface area (TPSA) is 114 Å². The van der Waals surface area contributed by atoms with Gasteiger partial charge in [-0.2, -0.15) is 0 Å². The molecule has 1 fully saturated rings. The van der Waals surface area contributed by atoms with Crippen LogP contribution in [0.2, 0.25) is 0 Å². The molecule has 36 heavy (non-hydrogen) atoms. The standard InChI is InChI=1S/C26H41FN4O5/c1-25(2,3)22(28)23(33)30-12-11-20(16-30)31(21(32)15-29-24(34)36-26(4,5)6)13-14-35-17-18-7-9-19(27)10-8-18/h7-10,20,22H,11-17,28H2,1-6H3,(H,29,34). The molecule has 0 spiro atoms. The Labute approximate surface area is 213 Å². The number of nitrogens with two attached hydrogens (primary N) is 1. The number of likely N-dealkylation sites (tertiary alicyclic amines) is 1. The predicted molar refractivity (Wildman–Crippen MR) is 134 cm³/mol. The van der Waals surface area contributed by atoms with Gasteiger partial charge in [0.25, 0.3) is 0 Å². The van der Waals surface area contributed by atoms with Crippen LogP contribution < -0.4 is 11.1 Å². The molecule has 1 aromatic carbocycles. The lowest BCUT2D eigenvalue weighted by molar-refractivity contribution is -0.136. The first-order valence-electron chi connectivity index (χ1n) is 12.3. The van der Waals surface area contributed by atoms with Crippen LogP contribution in [0.4, 0.5) is 9.18 Å². The normalized spacial score (nSPS) is 17.0. The van der Waals surface area contributed by atoms with Crippen LogP contribution in [0.25, 0.3) is 0 Å². The van der Waals surface area contributed by atoms with Gasteiger partial charge < -0.3 is 30.3 Å². The average molecular weight is 509 g/mol. The zero-order chi connectivity index (χ0) is 27.1. The molecular weight excluding hydrogens is 467 g/mol. The van der Waals surface area contributed by atoms with Gasteiger partial charge in [0, 0.05) is 19.6 Å². The summed E-state index contributed by atoms with van der Waals surface area (Å²) in [6, 6.07) is 5.13. The van der Waals surface area contributed by atoms with Crippen molar-refractivity contribution in [1.29, 1.82) is 0 Å². The molecule has 202 valence electrons. The number of nitrogens with one attached hydrogen (secondary N) is 1. The van der Waals surface area contributed by atoms with Gasteiger partial charge in [-0.15, -0.1) is 0 Å². The van der Waals surface area contributed by atoms with Gasteiger partial charge in [0.05, 0.1) is 25.3 Å². The van der Waals surface area contributed by atoms with E-state index in [0.29, 0.717) is 19.5 Å². The molecule has 1 aromatic rings. The number of ether oxygens (including phenoxy) is 2. The third-order valence-corrected chi connectivity index (χ3v) is 5.88. The van der Waals surface area contributed by atoms with Crippen molar-refractivity contribution in [2.75, 3.05) is 32.8 Å². The number of halogens is 1. The maximum Gasteiger partial charge on any atom is 0.408 e. The molecule has 0 radical (unpaired) electrons. The fourth-order valence-electron chi connectivity index (χ4n) is 3.77. The molecule has 1 aliphatic rings. The quantitative estimate of drug-likeness (QED) is 0.496. The summed E-state index contributed by atoms with van der Waals surface area (Å²) in [7, 11) is 0. The van der Waals surface area contributed by atoms with Gasteiger partial charge in [-0.25, -0.2) is 9.18 Å². The van der Waals surface area contributed by atoms with Gasteiger partial charge in [0.1, 0.15) is 18.0 Å². The van der Waals surface area contributed by atoms with Crippen molar-refractivity contribution in [3.8, 4) is 0 Å². The van der Waals surface area contributed by atoms with Crippen molar-refractivity contribution in [3.05, 3.63) is 35.6 Å². The number of nitrogens with zero attached hydrogens (tertiary/aromatic N) is 2. The van der Waals surface area contributed by atoms with Crippen molar-refractivity contribution < 1.29 is 28.2 Å². The highest BCUT2D eigenvalue weighted by Crippen LogP contribution is 2.23. The molecule has 3 N–H and O–H groups in total. The summed E-state index contributed by atoms with van der Waals surface area (Å²) < 4.78 is 24.0. The minimum atomic E-state index is -0.681. The summed E-state index contributed by atoms with van der Waals surface area (Å²) in [4.78, 5) is 41.4. The molecule has 0 aromatic heterocycles. The molecule has 0 bridgehead atoms. The fourth-order valence-corrected chi connectivity index (χ4v) is 3.77. The minimum Gasteiger partial charge on any atom is -0.444 e. The van der Waals surface area contributed by atoms with Crippen LogP contribution in [0.3, 0.4) is 0 Å². The summed E-state index contributed by atoms with van der Waals surface area (Å²) in [6.07, 6.45) is -0.0820. The Kier molecular flexibility index (Phi) is 10.2. The van der Waals surface area contributed by atoms with Crippen LogP contribution >= 0.6 is 0 Å². The minimum absolute atomic E-state index is 0.142. The molecule has 9 nitrogen and oxygen atoms in total. The van der Waals surface area contributed by atoms with E-state index >= 15 is 0 Å². The number of rotatable bonds is 9. The Hall–Kier alpha value is -2.72. The third kappa shape index (κ3) is 9.39. The monoisotopic (exact) mass is 508 g/mol. The van der Waals surface area contributed by atoms with E-state index in [2.05, 4.69) is 5.32 Å². The van der Waals surface area contributed by atoms with Gasteiger partial charge in [-0.1, -0.05) is 32.9 Å². The summed E-state index contributed by atoms with van der Waals surface area (Å²) in [5.41, 5.74) is 5.93. The van der Waals surface area contributed by atoms with Crippen molar-refractivity contribution in [1.82, 2.24) is 15.1 Å². The van der Waals surface area contributed by atoms with Crippen LogP contribution in [0, 0.1) is 11.2 Å². The number of carbonyl (C=O) groups excluding carboxylic acids is 3. The predicted octanol–water partition coefficient (Wildman–Crippen LogP) is 2.67. The molecule has 10 heteroatoms. The van der Waals surface area contributed by atoms with Crippen LogP contribution in [0.5, 0.6) is 0 Å². The Morgan fingerprint density at radius 3 is 2.39 bits per heavy atom. The van der Waals surface area contributed by atoms with Gasteiger partial charge in [0.2, 0.25) is 11.8 Å². The molecule has 1 heterocycles. The second-order valence-corrected chi connectivity index (χ2v) is 11.2. The summed E-state index contributed by atoms with van der Waals surface area (Å²) in [6.45, 7) is 12.4. The highest BCUT2D eigenvalue weighted by molar-refractivity contribution is 5.84. The van der Waals surface area contributed by atoms with Crippen molar-refractivity contribution in [3.63, 3.8) is 0 Å². The smallest absolute Gasteiger partial charge is 0.408 e. The van der Waals surface area contributed by atoms with Crippen LogP contribution in [0.1, 0.15) is 53.5 Å². The maximum atomic E-state index is 13.1. The molecule has 2 unspecified atom stereocenters. The number of carbonyl (C=O) groups is 3. The first kappa shape index (κ1) is 29.5. The number of alkyl carbamates (subject to hydrolysis) is 1. The second kappa shape index (κ2) is 12.5. The van der Waals surface area contributed by atoms with E-state index in [1.807, 2.05) is 20.8 Å². The van der Waals surface area contributed by atoms with Gasteiger partial charge in [-0.3, -0.25) is 9.59 Å². The molecule has 1 aliphatic heterocycles. The molecule has 0 aliphatic carbocycles. The number of amides is 3. The molecule has 2 rings (SSSR count). The van der Waals surface area contributed by atoms with E-state index in [0.717, 1.165) is 5.56 Å². The average Bonchev–Trinajstić information content (AvgIpc) is 3.25. The van der Waals surface area contributed by atoms with Crippen LogP contribution in [0.15, 0.2) is 24.3 Å². The Balaban J connectivity index is 2.00. The lowest BCUT2D eigenvalue weighted by atomic mass is 9.86. The molecule has 1 saturated heterocycles. The maximum absolute atomic E-state index is 13.1. The third-order valence-electron chi connectivity index (χ3n) is 5.88. The van der Waals surface area contributed by atoms with Gasteiger partial charge >= 0.3 is 6.09 Å². The van der Waals surface area contributed by atoms with Crippen molar-refractivity contribution in [2.45, 2.75) is 72.3 Å². The largest absolute Gasteiger partial charge is 0.444 e. The van der Waals surface area contributed by atoms with E-state index in [9.17, 15) is 18.8 Å². The van der Waals surface area contributed by atoms with Crippen LogP contribution in [-0.2, 0) is 25.7 Å². The van der Waals surface area contributed by atoms with E-state index in [4.69, 9.17) is 15.2 Å². The molecule has 3 amide bonds. The van der Waals surface area contributed by atoms with E-state index in [1.165, 1.54) is 12.1 Å². The molecule has 2 atom stereocenters. The second-order valence-electron chi connectivity index (χ2n) is 11.2. The van der Waals surface area contributed by atoms with E-state index < -0.39 is 17.7 Å². The Bertz CT molecular complexity index is 895. The number of benzene rings is 1. The number of hydrogen-bond donors (Lipinski definition) is 2. The number of hydrogen-bond acceptors (Lipinski definition) is 6.